The first-order valence-electron chi connectivity index (χ1n) is 7.10. The molecule has 0 saturated carbocycles. The van der Waals surface area contributed by atoms with Gasteiger partial charge in [-0.1, -0.05) is 30.3 Å². The SMILES string of the molecule is CC(NCC(CCO)c1ccccc1)c1ccncc1. The molecule has 3 nitrogen and oxygen atoms in total. The maximum Gasteiger partial charge on any atom is 0.0437 e. The fourth-order valence-electron chi connectivity index (χ4n) is 2.36. The number of pyridine rings is 1. The zero-order valence-corrected chi connectivity index (χ0v) is 11.9. The topological polar surface area (TPSA) is 45.1 Å². The third-order valence-corrected chi connectivity index (χ3v) is 3.63. The number of aliphatic hydroxyl groups excluding tert-OH is 1. The molecule has 2 N–H and O–H groups in total. The molecule has 20 heavy (non-hydrogen) atoms. The van der Waals surface area contributed by atoms with E-state index in [4.69, 9.17) is 0 Å². The second-order valence-corrected chi connectivity index (χ2v) is 5.03. The van der Waals surface area contributed by atoms with Gasteiger partial charge in [-0.15, -0.1) is 0 Å². The Hall–Kier alpha value is -1.71. The summed E-state index contributed by atoms with van der Waals surface area (Å²) in [6.45, 7) is 3.22. The summed E-state index contributed by atoms with van der Waals surface area (Å²) < 4.78 is 0. The van der Waals surface area contributed by atoms with Crippen LogP contribution in [0.4, 0.5) is 0 Å². The van der Waals surface area contributed by atoms with Gasteiger partial charge in [0.15, 0.2) is 0 Å². The van der Waals surface area contributed by atoms with Crippen molar-refractivity contribution in [3.05, 3.63) is 66.0 Å². The highest BCUT2D eigenvalue weighted by molar-refractivity contribution is 5.20. The van der Waals surface area contributed by atoms with Crippen LogP contribution >= 0.6 is 0 Å². The van der Waals surface area contributed by atoms with Crippen molar-refractivity contribution in [2.75, 3.05) is 13.2 Å². The Morgan fingerprint density at radius 3 is 2.40 bits per heavy atom. The lowest BCUT2D eigenvalue weighted by Gasteiger charge is -2.21. The summed E-state index contributed by atoms with van der Waals surface area (Å²) in [6, 6.07) is 14.7. The van der Waals surface area contributed by atoms with E-state index < -0.39 is 0 Å². The van der Waals surface area contributed by atoms with Crippen molar-refractivity contribution in [3.8, 4) is 0 Å². The van der Waals surface area contributed by atoms with Crippen molar-refractivity contribution >= 4 is 0 Å². The maximum atomic E-state index is 9.24. The lowest BCUT2D eigenvalue weighted by atomic mass is 9.95. The lowest BCUT2D eigenvalue weighted by molar-refractivity contribution is 0.272. The Morgan fingerprint density at radius 2 is 1.75 bits per heavy atom. The van der Waals surface area contributed by atoms with E-state index in [1.165, 1.54) is 11.1 Å². The van der Waals surface area contributed by atoms with Gasteiger partial charge in [0.2, 0.25) is 0 Å². The van der Waals surface area contributed by atoms with E-state index >= 15 is 0 Å². The summed E-state index contributed by atoms with van der Waals surface area (Å²) >= 11 is 0. The molecule has 2 aromatic rings. The highest BCUT2D eigenvalue weighted by atomic mass is 16.3. The molecule has 1 aromatic heterocycles. The Morgan fingerprint density at radius 1 is 1.05 bits per heavy atom. The molecule has 0 radical (unpaired) electrons. The Kier molecular flexibility index (Phi) is 5.71. The number of aromatic nitrogens is 1. The van der Waals surface area contributed by atoms with Crippen molar-refractivity contribution in [1.29, 1.82) is 0 Å². The van der Waals surface area contributed by atoms with Gasteiger partial charge in [0.25, 0.3) is 0 Å². The van der Waals surface area contributed by atoms with Gasteiger partial charge in [0, 0.05) is 31.6 Å². The minimum atomic E-state index is 0.213. The van der Waals surface area contributed by atoms with Crippen LogP contribution in [0.25, 0.3) is 0 Å². The first-order valence-corrected chi connectivity index (χ1v) is 7.10. The highest BCUT2D eigenvalue weighted by Crippen LogP contribution is 2.20. The third kappa shape index (κ3) is 4.15. The van der Waals surface area contributed by atoms with E-state index in [9.17, 15) is 5.11 Å². The van der Waals surface area contributed by atoms with Gasteiger partial charge >= 0.3 is 0 Å². The highest BCUT2D eigenvalue weighted by Gasteiger charge is 2.12. The minimum absolute atomic E-state index is 0.213. The van der Waals surface area contributed by atoms with Crippen molar-refractivity contribution in [2.45, 2.75) is 25.3 Å². The number of benzene rings is 1. The average Bonchev–Trinajstić information content (AvgIpc) is 2.53. The molecule has 1 heterocycles. The smallest absolute Gasteiger partial charge is 0.0437 e. The molecule has 0 fully saturated rings. The molecule has 1 aromatic carbocycles. The summed E-state index contributed by atoms with van der Waals surface area (Å²) in [7, 11) is 0. The van der Waals surface area contributed by atoms with E-state index in [1.54, 1.807) is 0 Å². The molecule has 0 aliphatic rings. The Balaban J connectivity index is 1.96. The maximum absolute atomic E-state index is 9.24. The molecule has 106 valence electrons. The largest absolute Gasteiger partial charge is 0.396 e. The van der Waals surface area contributed by atoms with E-state index in [0.717, 1.165) is 13.0 Å². The monoisotopic (exact) mass is 270 g/mol. The fourth-order valence-corrected chi connectivity index (χ4v) is 2.36. The molecule has 0 spiro atoms. The predicted octanol–water partition coefficient (Wildman–Crippen LogP) is 2.90. The zero-order chi connectivity index (χ0) is 14.2. The first kappa shape index (κ1) is 14.7. The van der Waals surface area contributed by atoms with Crippen LogP contribution in [0.2, 0.25) is 0 Å². The molecule has 0 bridgehead atoms. The van der Waals surface area contributed by atoms with Crippen LogP contribution in [-0.4, -0.2) is 23.2 Å². The van der Waals surface area contributed by atoms with E-state index in [0.29, 0.717) is 5.92 Å². The molecular weight excluding hydrogens is 248 g/mol. The van der Waals surface area contributed by atoms with Crippen LogP contribution in [0, 0.1) is 0 Å². The second-order valence-electron chi connectivity index (χ2n) is 5.03. The molecule has 3 heteroatoms. The van der Waals surface area contributed by atoms with E-state index in [-0.39, 0.29) is 12.6 Å². The number of nitrogens with one attached hydrogen (secondary N) is 1. The molecule has 0 aliphatic carbocycles. The zero-order valence-electron chi connectivity index (χ0n) is 11.9. The summed E-state index contributed by atoms with van der Waals surface area (Å²) in [5.41, 5.74) is 2.51. The molecule has 0 amide bonds. The normalized spacial score (nSPS) is 13.9. The standard InChI is InChI=1S/C17H22N2O/c1-14(15-7-10-18-11-8-15)19-13-17(9-12-20)16-5-3-2-4-6-16/h2-8,10-11,14,17,19-20H,9,12-13H2,1H3. The molecular formula is C17H22N2O. The van der Waals surface area contributed by atoms with Crippen LogP contribution in [-0.2, 0) is 0 Å². The summed E-state index contributed by atoms with van der Waals surface area (Å²) in [5, 5.41) is 12.8. The number of nitrogens with zero attached hydrogens (tertiary/aromatic N) is 1. The summed E-state index contributed by atoms with van der Waals surface area (Å²) in [4.78, 5) is 4.04. The molecule has 2 unspecified atom stereocenters. The van der Waals surface area contributed by atoms with Gasteiger partial charge in [-0.25, -0.2) is 0 Å². The molecule has 2 atom stereocenters. The Labute approximate surface area is 120 Å². The number of hydrogen-bond acceptors (Lipinski definition) is 3. The van der Waals surface area contributed by atoms with E-state index in [1.807, 2.05) is 42.7 Å². The first-order chi connectivity index (χ1) is 9.81. The molecule has 0 aliphatic heterocycles. The average molecular weight is 270 g/mol. The van der Waals surface area contributed by atoms with Gasteiger partial charge in [0.05, 0.1) is 0 Å². The van der Waals surface area contributed by atoms with Gasteiger partial charge in [0.1, 0.15) is 0 Å². The van der Waals surface area contributed by atoms with Crippen LogP contribution in [0.1, 0.15) is 36.4 Å². The van der Waals surface area contributed by atoms with Gasteiger partial charge in [-0.2, -0.15) is 0 Å². The van der Waals surface area contributed by atoms with Crippen molar-refractivity contribution in [2.24, 2.45) is 0 Å². The van der Waals surface area contributed by atoms with Gasteiger partial charge in [-0.05, 0) is 42.5 Å². The quantitative estimate of drug-likeness (QED) is 0.813. The predicted molar refractivity (Wildman–Crippen MR) is 81.5 cm³/mol. The fraction of sp³-hybridized carbons (Fsp3) is 0.353. The molecule has 2 rings (SSSR count). The van der Waals surface area contributed by atoms with Crippen LogP contribution in [0.15, 0.2) is 54.9 Å². The lowest BCUT2D eigenvalue weighted by Crippen LogP contribution is -2.25. The Bertz CT molecular complexity index is 487. The van der Waals surface area contributed by atoms with E-state index in [2.05, 4.69) is 29.4 Å². The summed E-state index contributed by atoms with van der Waals surface area (Å²) in [5.74, 6) is 0.338. The van der Waals surface area contributed by atoms with Crippen molar-refractivity contribution < 1.29 is 5.11 Å². The van der Waals surface area contributed by atoms with Crippen LogP contribution < -0.4 is 5.32 Å². The number of hydrogen-bond donors (Lipinski definition) is 2. The van der Waals surface area contributed by atoms with Gasteiger partial charge < -0.3 is 10.4 Å². The minimum Gasteiger partial charge on any atom is -0.396 e. The summed E-state index contributed by atoms with van der Waals surface area (Å²) in [6.07, 6.45) is 4.41. The second kappa shape index (κ2) is 7.78. The van der Waals surface area contributed by atoms with Crippen LogP contribution in [0.3, 0.4) is 0 Å². The van der Waals surface area contributed by atoms with Crippen LogP contribution in [0.5, 0.6) is 0 Å². The molecule has 0 saturated heterocycles. The number of aliphatic hydroxyl groups is 1. The van der Waals surface area contributed by atoms with Crippen molar-refractivity contribution in [3.63, 3.8) is 0 Å². The van der Waals surface area contributed by atoms with Crippen molar-refractivity contribution in [1.82, 2.24) is 10.3 Å². The number of rotatable bonds is 7. The van der Waals surface area contributed by atoms with Gasteiger partial charge in [-0.3, -0.25) is 4.98 Å². The third-order valence-electron chi connectivity index (χ3n) is 3.63.